The molecule has 1 fully saturated rings. The Balaban J connectivity index is 1.71. The third-order valence-corrected chi connectivity index (χ3v) is 8.60. The zero-order valence-electron chi connectivity index (χ0n) is 24.6. The van der Waals surface area contributed by atoms with Crippen LogP contribution in [0.1, 0.15) is 96.5 Å². The second-order valence-corrected chi connectivity index (χ2v) is 11.6. The lowest BCUT2D eigenvalue weighted by atomic mass is 9.70. The molecule has 2 N–H and O–H groups in total. The van der Waals surface area contributed by atoms with Crippen LogP contribution >= 0.6 is 0 Å². The van der Waals surface area contributed by atoms with E-state index >= 15 is 0 Å². The van der Waals surface area contributed by atoms with Gasteiger partial charge in [0.15, 0.2) is 0 Å². The molecule has 0 bridgehead atoms. The number of rotatable bonds is 17. The third-order valence-electron chi connectivity index (χ3n) is 8.60. The van der Waals surface area contributed by atoms with Gasteiger partial charge in [-0.05, 0) is 77.9 Å². The molecule has 4 nitrogen and oxygen atoms in total. The maximum Gasteiger partial charge on any atom is 0.123 e. The van der Waals surface area contributed by atoms with Crippen LogP contribution in [0, 0.1) is 17.8 Å². The van der Waals surface area contributed by atoms with Gasteiger partial charge in [0.1, 0.15) is 11.5 Å². The van der Waals surface area contributed by atoms with Crippen molar-refractivity contribution in [3.8, 4) is 11.5 Å². The van der Waals surface area contributed by atoms with Crippen LogP contribution in [0.2, 0.25) is 0 Å². The summed E-state index contributed by atoms with van der Waals surface area (Å²) in [7, 11) is 0. The monoisotopic (exact) mass is 536 g/mol. The van der Waals surface area contributed by atoms with Crippen molar-refractivity contribution >= 4 is 5.57 Å². The van der Waals surface area contributed by atoms with E-state index in [9.17, 15) is 10.2 Å². The van der Waals surface area contributed by atoms with Crippen molar-refractivity contribution in [1.29, 1.82) is 0 Å². The van der Waals surface area contributed by atoms with Gasteiger partial charge in [0.25, 0.3) is 0 Å². The number of unbranched alkanes of at least 4 members (excludes halogenated alkanes) is 2. The summed E-state index contributed by atoms with van der Waals surface area (Å²) in [4.78, 5) is 0. The zero-order valence-corrected chi connectivity index (χ0v) is 24.6. The van der Waals surface area contributed by atoms with Gasteiger partial charge in [-0.25, -0.2) is 0 Å². The molecule has 0 aliphatic heterocycles. The Morgan fingerprint density at radius 1 is 0.872 bits per heavy atom. The number of hydrogen-bond donors (Lipinski definition) is 2. The highest BCUT2D eigenvalue weighted by molar-refractivity contribution is 5.79. The van der Waals surface area contributed by atoms with Crippen molar-refractivity contribution in [3.05, 3.63) is 65.8 Å². The van der Waals surface area contributed by atoms with Crippen LogP contribution in [0.5, 0.6) is 11.5 Å². The Morgan fingerprint density at radius 2 is 1.49 bits per heavy atom. The average Bonchev–Trinajstić information content (AvgIpc) is 2.97. The molecule has 216 valence electrons. The molecule has 1 atom stereocenters. The summed E-state index contributed by atoms with van der Waals surface area (Å²) < 4.78 is 12.1. The topological polar surface area (TPSA) is 58.9 Å². The Hall–Kier alpha value is -2.30. The molecule has 2 aliphatic rings. The fraction of sp³-hybridized carbons (Fsp3) is 0.600. The molecule has 39 heavy (non-hydrogen) atoms. The summed E-state index contributed by atoms with van der Waals surface area (Å²) in [6, 6.07) is 6.14. The highest BCUT2D eigenvalue weighted by Gasteiger charge is 2.28. The molecular formula is C35H52O4. The van der Waals surface area contributed by atoms with Crippen molar-refractivity contribution < 1.29 is 19.7 Å². The molecule has 4 heteroatoms. The molecule has 0 aromatic heterocycles. The minimum atomic E-state index is -0.0221. The standard InChI is InChI=1S/C35H52O4/c1-5-7-8-9-28-10-12-30(13-11-28)31-14-15-35(29(6-2)20-31)32-21-33(38-18-16-26(3)24-36)23-34(22-32)39-19-17-27(4)25-37/h14-15,21-23,28,30-31,36-37H,3-13,16-20,24-25H2,1-2H3. The first-order valence-electron chi connectivity index (χ1n) is 15.3. The number of allylic oxidation sites excluding steroid dienone is 4. The van der Waals surface area contributed by atoms with Crippen molar-refractivity contribution in [1.82, 2.24) is 0 Å². The van der Waals surface area contributed by atoms with E-state index in [2.05, 4.69) is 51.3 Å². The van der Waals surface area contributed by atoms with Gasteiger partial charge in [0.2, 0.25) is 0 Å². The Morgan fingerprint density at radius 3 is 2.03 bits per heavy atom. The van der Waals surface area contributed by atoms with Gasteiger partial charge >= 0.3 is 0 Å². The van der Waals surface area contributed by atoms with E-state index in [1.165, 1.54) is 62.5 Å². The van der Waals surface area contributed by atoms with Gasteiger partial charge in [0.05, 0.1) is 26.4 Å². The lowest BCUT2D eigenvalue weighted by Gasteiger charge is -2.35. The van der Waals surface area contributed by atoms with E-state index in [4.69, 9.17) is 9.47 Å². The van der Waals surface area contributed by atoms with Gasteiger partial charge in [-0.2, -0.15) is 0 Å². The number of ether oxygens (including phenoxy) is 2. The highest BCUT2D eigenvalue weighted by Crippen LogP contribution is 2.43. The van der Waals surface area contributed by atoms with Crippen LogP contribution in [0.3, 0.4) is 0 Å². The first-order valence-corrected chi connectivity index (χ1v) is 15.3. The second kappa shape index (κ2) is 16.7. The largest absolute Gasteiger partial charge is 0.493 e. The van der Waals surface area contributed by atoms with Crippen molar-refractivity contribution in [2.45, 2.75) is 90.9 Å². The van der Waals surface area contributed by atoms with Crippen molar-refractivity contribution in [2.75, 3.05) is 26.4 Å². The van der Waals surface area contributed by atoms with Crippen LogP contribution in [0.25, 0.3) is 5.57 Å². The van der Waals surface area contributed by atoms with Crippen LogP contribution in [0.15, 0.2) is 60.2 Å². The number of hydrogen-bond acceptors (Lipinski definition) is 4. The Labute approximate surface area is 237 Å². The molecule has 0 heterocycles. The second-order valence-electron chi connectivity index (χ2n) is 11.6. The molecule has 0 radical (unpaired) electrons. The summed E-state index contributed by atoms with van der Waals surface area (Å²) in [6.45, 7) is 13.2. The lowest BCUT2D eigenvalue weighted by molar-refractivity contribution is 0.217. The molecular weight excluding hydrogens is 484 g/mol. The number of aliphatic hydroxyl groups excluding tert-OH is 2. The van der Waals surface area contributed by atoms with Gasteiger partial charge < -0.3 is 19.7 Å². The zero-order chi connectivity index (χ0) is 28.0. The van der Waals surface area contributed by atoms with Crippen LogP contribution < -0.4 is 9.47 Å². The predicted octanol–water partition coefficient (Wildman–Crippen LogP) is 8.45. The quantitative estimate of drug-likeness (QED) is 0.155. The molecule has 1 unspecified atom stereocenters. The third kappa shape index (κ3) is 9.99. The van der Waals surface area contributed by atoms with Crippen molar-refractivity contribution in [2.24, 2.45) is 17.8 Å². The molecule has 1 aromatic rings. The van der Waals surface area contributed by atoms with Gasteiger partial charge in [-0.3, -0.25) is 0 Å². The fourth-order valence-corrected chi connectivity index (χ4v) is 6.03. The van der Waals surface area contributed by atoms with Gasteiger partial charge in [-0.15, -0.1) is 0 Å². The average molecular weight is 537 g/mol. The first-order chi connectivity index (χ1) is 19.0. The van der Waals surface area contributed by atoms with E-state index in [1.54, 1.807) is 0 Å². The molecule has 0 spiro atoms. The van der Waals surface area contributed by atoms with E-state index in [1.807, 2.05) is 6.07 Å². The van der Waals surface area contributed by atoms with Gasteiger partial charge in [0, 0.05) is 18.9 Å². The van der Waals surface area contributed by atoms with E-state index < -0.39 is 0 Å². The normalized spacial score (nSPS) is 21.2. The Kier molecular flexibility index (Phi) is 13.4. The highest BCUT2D eigenvalue weighted by atomic mass is 16.5. The maximum absolute atomic E-state index is 9.27. The lowest BCUT2D eigenvalue weighted by Crippen LogP contribution is -2.22. The van der Waals surface area contributed by atoms with E-state index in [0.717, 1.165) is 52.9 Å². The SMILES string of the molecule is C=C(CO)CCOc1cc(OCCC(=C)CO)cc(C2=C(CC)CC(C3CCC(CCCCC)CC3)C=C2)c1. The number of aliphatic hydroxyl groups is 2. The van der Waals surface area contributed by atoms with Crippen LogP contribution in [0.4, 0.5) is 0 Å². The van der Waals surface area contributed by atoms with E-state index in [0.29, 0.717) is 32.0 Å². The smallest absolute Gasteiger partial charge is 0.123 e. The number of benzene rings is 1. The Bertz CT molecular complexity index is 940. The summed E-state index contributed by atoms with van der Waals surface area (Å²) >= 11 is 0. The fourth-order valence-electron chi connectivity index (χ4n) is 6.03. The van der Waals surface area contributed by atoms with Crippen molar-refractivity contribution in [3.63, 3.8) is 0 Å². The molecule has 2 aliphatic carbocycles. The van der Waals surface area contributed by atoms with Gasteiger partial charge in [-0.1, -0.05) is 83.3 Å². The molecule has 1 aromatic carbocycles. The minimum Gasteiger partial charge on any atom is -0.493 e. The molecule has 0 saturated heterocycles. The van der Waals surface area contributed by atoms with Crippen LogP contribution in [-0.2, 0) is 0 Å². The molecule has 0 amide bonds. The molecule has 1 saturated carbocycles. The first kappa shape index (κ1) is 31.2. The molecule has 3 rings (SSSR count). The predicted molar refractivity (Wildman–Crippen MR) is 163 cm³/mol. The maximum atomic E-state index is 9.27. The minimum absolute atomic E-state index is 0.0221. The summed E-state index contributed by atoms with van der Waals surface area (Å²) in [5.74, 6) is 3.91. The van der Waals surface area contributed by atoms with E-state index in [-0.39, 0.29) is 13.2 Å². The van der Waals surface area contributed by atoms with Crippen LogP contribution in [-0.4, -0.2) is 36.6 Å². The summed E-state index contributed by atoms with van der Waals surface area (Å²) in [5, 5.41) is 18.5. The summed E-state index contributed by atoms with van der Waals surface area (Å²) in [6.07, 6.45) is 19.3. The summed E-state index contributed by atoms with van der Waals surface area (Å²) in [5.41, 5.74) is 5.44.